The van der Waals surface area contributed by atoms with E-state index in [9.17, 15) is 20.3 Å². The Kier molecular flexibility index (Phi) is 6.56. The lowest BCUT2D eigenvalue weighted by molar-refractivity contribution is -0.386. The van der Waals surface area contributed by atoms with Crippen molar-refractivity contribution < 1.29 is 24.6 Å². The van der Waals surface area contributed by atoms with Crippen LogP contribution in [-0.4, -0.2) is 48.5 Å². The number of nitro groups is 1. The Bertz CT molecular complexity index is 1150. The maximum atomic E-state index is 11.5. The molecule has 11 nitrogen and oxygen atoms in total. The molecule has 4 N–H and O–H groups in total. The van der Waals surface area contributed by atoms with Gasteiger partial charge in [-0.1, -0.05) is 26.0 Å². The van der Waals surface area contributed by atoms with Crippen LogP contribution in [0.15, 0.2) is 36.8 Å². The molecule has 33 heavy (non-hydrogen) atoms. The molecule has 0 radical (unpaired) electrons. The van der Waals surface area contributed by atoms with Gasteiger partial charge in [0.05, 0.1) is 41.3 Å². The maximum absolute atomic E-state index is 11.5. The van der Waals surface area contributed by atoms with Crippen LogP contribution < -0.4 is 5.73 Å². The number of ether oxygens (including phenoxy) is 2. The number of nitrogens with two attached hydrogens (primary N) is 1. The van der Waals surface area contributed by atoms with Crippen LogP contribution >= 0.6 is 0 Å². The smallest absolute Gasteiger partial charge is 0.275 e. The van der Waals surface area contributed by atoms with Gasteiger partial charge in [0.15, 0.2) is 0 Å². The van der Waals surface area contributed by atoms with Crippen molar-refractivity contribution in [2.24, 2.45) is 5.92 Å². The summed E-state index contributed by atoms with van der Waals surface area (Å²) in [7, 11) is 0. The highest BCUT2D eigenvalue weighted by molar-refractivity contribution is 5.89. The summed E-state index contributed by atoms with van der Waals surface area (Å²) < 4.78 is 13.8. The molecule has 1 fully saturated rings. The highest BCUT2D eigenvalue weighted by atomic mass is 16.6. The summed E-state index contributed by atoms with van der Waals surface area (Å²) in [6.07, 6.45) is 0.847. The average Bonchev–Trinajstić information content (AvgIpc) is 3.34. The number of para-hydroxylation sites is 1. The molecule has 176 valence electrons. The number of nitro benzene ring substituents is 1. The highest BCUT2D eigenvalue weighted by Gasteiger charge is 2.36. The van der Waals surface area contributed by atoms with Crippen molar-refractivity contribution in [2.75, 3.05) is 12.3 Å². The summed E-state index contributed by atoms with van der Waals surface area (Å²) in [5.74, 6) is 0.230. The quantitative estimate of drug-likeness (QED) is 0.341. The van der Waals surface area contributed by atoms with Gasteiger partial charge in [-0.15, -0.1) is 0 Å². The van der Waals surface area contributed by atoms with Crippen molar-refractivity contribution in [2.45, 2.75) is 51.4 Å². The lowest BCUT2D eigenvalue weighted by atomic mass is 9.97. The van der Waals surface area contributed by atoms with Gasteiger partial charge in [-0.25, -0.2) is 9.97 Å². The Morgan fingerprint density at radius 3 is 2.79 bits per heavy atom. The van der Waals surface area contributed by atoms with Crippen LogP contribution in [0.1, 0.15) is 43.7 Å². The number of nitrogen functional groups attached to an aromatic ring is 1. The second-order valence-electron chi connectivity index (χ2n) is 8.43. The van der Waals surface area contributed by atoms with Crippen LogP contribution in [0, 0.1) is 16.0 Å². The maximum Gasteiger partial charge on any atom is 0.275 e. The third kappa shape index (κ3) is 4.40. The van der Waals surface area contributed by atoms with Crippen LogP contribution in [0.3, 0.4) is 0 Å². The van der Waals surface area contributed by atoms with Crippen molar-refractivity contribution in [1.82, 2.24) is 14.5 Å². The Morgan fingerprint density at radius 2 is 2.12 bits per heavy atom. The van der Waals surface area contributed by atoms with Gasteiger partial charge in [0, 0.05) is 24.2 Å². The molecule has 1 saturated heterocycles. The number of anilines is 1. The van der Waals surface area contributed by atoms with E-state index in [4.69, 9.17) is 15.2 Å². The molecule has 0 bridgehead atoms. The van der Waals surface area contributed by atoms with Crippen molar-refractivity contribution in [3.8, 4) is 0 Å². The Morgan fingerprint density at radius 1 is 1.36 bits per heavy atom. The largest absolute Gasteiger partial charge is 0.394 e. The molecule has 3 heterocycles. The molecule has 4 rings (SSSR count). The van der Waals surface area contributed by atoms with E-state index in [1.165, 1.54) is 12.4 Å². The van der Waals surface area contributed by atoms with Gasteiger partial charge < -0.3 is 30.0 Å². The number of aliphatic hydroxyl groups is 2. The summed E-state index contributed by atoms with van der Waals surface area (Å²) in [6, 6.07) is 6.54. The van der Waals surface area contributed by atoms with Crippen LogP contribution in [0.25, 0.3) is 11.0 Å². The number of benzene rings is 1. The monoisotopic (exact) mass is 457 g/mol. The zero-order valence-electron chi connectivity index (χ0n) is 18.4. The number of aliphatic hydroxyl groups excluding tert-OH is 2. The number of fused-ring (bicyclic) bond motifs is 1. The predicted octanol–water partition coefficient (Wildman–Crippen LogP) is 2.48. The van der Waals surface area contributed by atoms with Crippen molar-refractivity contribution in [3.63, 3.8) is 0 Å². The molecule has 1 aliphatic heterocycles. The zero-order chi connectivity index (χ0) is 23.7. The molecule has 11 heteroatoms. The van der Waals surface area contributed by atoms with Crippen LogP contribution in [-0.2, 0) is 16.1 Å². The number of hydrogen-bond donors (Lipinski definition) is 3. The summed E-state index contributed by atoms with van der Waals surface area (Å²) in [4.78, 5) is 19.6. The molecule has 1 aromatic carbocycles. The van der Waals surface area contributed by atoms with Crippen molar-refractivity contribution >= 4 is 22.5 Å². The molecular weight excluding hydrogens is 430 g/mol. The van der Waals surface area contributed by atoms with E-state index in [0.717, 1.165) is 0 Å². The Labute approximate surface area is 189 Å². The van der Waals surface area contributed by atoms with Crippen molar-refractivity contribution in [1.29, 1.82) is 0 Å². The van der Waals surface area contributed by atoms with Gasteiger partial charge in [-0.2, -0.15) is 0 Å². The first-order valence-electron chi connectivity index (χ1n) is 10.7. The first-order chi connectivity index (χ1) is 15.8. The predicted molar refractivity (Wildman–Crippen MR) is 119 cm³/mol. The topological polar surface area (TPSA) is 159 Å². The fraction of sp³-hybridized carbons (Fsp3) is 0.455. The fourth-order valence-corrected chi connectivity index (χ4v) is 4.28. The first kappa shape index (κ1) is 23.1. The van der Waals surface area contributed by atoms with Gasteiger partial charge in [-0.05, 0) is 12.0 Å². The van der Waals surface area contributed by atoms with Crippen LogP contribution in [0.2, 0.25) is 0 Å². The van der Waals surface area contributed by atoms with E-state index in [0.29, 0.717) is 22.2 Å². The van der Waals surface area contributed by atoms with Gasteiger partial charge >= 0.3 is 0 Å². The third-order valence-corrected chi connectivity index (χ3v) is 5.88. The minimum absolute atomic E-state index is 0.00450. The van der Waals surface area contributed by atoms with Gasteiger partial charge in [0.25, 0.3) is 5.69 Å². The molecule has 0 saturated carbocycles. The molecule has 3 aromatic rings. The lowest BCUT2D eigenvalue weighted by Crippen LogP contribution is -2.24. The summed E-state index contributed by atoms with van der Waals surface area (Å²) in [6.45, 7) is 3.68. The average molecular weight is 457 g/mol. The highest BCUT2D eigenvalue weighted by Crippen LogP contribution is 2.37. The number of nitrogens with zero attached hydrogens (tertiary/aromatic N) is 4. The van der Waals surface area contributed by atoms with E-state index in [2.05, 4.69) is 9.97 Å². The van der Waals surface area contributed by atoms with Crippen LogP contribution in [0.5, 0.6) is 0 Å². The molecule has 0 amide bonds. The third-order valence-electron chi connectivity index (χ3n) is 5.88. The number of rotatable bonds is 8. The summed E-state index contributed by atoms with van der Waals surface area (Å²) in [5, 5.41) is 31.7. The number of hydrogen-bond acceptors (Lipinski definition) is 9. The lowest BCUT2D eigenvalue weighted by Gasteiger charge is -2.22. The molecule has 2 aromatic heterocycles. The second kappa shape index (κ2) is 9.40. The molecule has 0 aliphatic carbocycles. The van der Waals surface area contributed by atoms with E-state index < -0.39 is 29.5 Å². The van der Waals surface area contributed by atoms with Gasteiger partial charge in [0.2, 0.25) is 0 Å². The normalized spacial score (nSPS) is 21.7. The first-order valence-corrected chi connectivity index (χ1v) is 10.7. The van der Waals surface area contributed by atoms with E-state index in [1.807, 2.05) is 13.8 Å². The van der Waals surface area contributed by atoms with Crippen molar-refractivity contribution in [3.05, 3.63) is 58.0 Å². The Balaban J connectivity index is 1.67. The van der Waals surface area contributed by atoms with Gasteiger partial charge in [0.1, 0.15) is 30.1 Å². The summed E-state index contributed by atoms with van der Waals surface area (Å²) >= 11 is 0. The van der Waals surface area contributed by atoms with E-state index >= 15 is 0 Å². The SMILES string of the molecule is CC(C)C(OCc1cn([C@H]2C[C@@H](O)[C@@H](CO)O2)c2ncnc(N)c12)c1ccccc1[N+](=O)[O-]. The molecule has 1 unspecified atom stereocenters. The zero-order valence-corrected chi connectivity index (χ0v) is 18.4. The minimum Gasteiger partial charge on any atom is -0.394 e. The fourth-order valence-electron chi connectivity index (χ4n) is 4.28. The summed E-state index contributed by atoms with van der Waals surface area (Å²) in [5.41, 5.74) is 7.86. The van der Waals surface area contributed by atoms with E-state index in [1.54, 1.807) is 29.0 Å². The molecule has 1 aliphatic rings. The van der Waals surface area contributed by atoms with Gasteiger partial charge in [-0.3, -0.25) is 10.1 Å². The second-order valence-corrected chi connectivity index (χ2v) is 8.43. The molecule has 4 atom stereocenters. The number of aromatic nitrogens is 3. The molecule has 0 spiro atoms. The standard InChI is InChI=1S/C22H27N5O6/c1-12(2)20(14-5-3-4-6-15(14)27(30)31)32-10-13-8-26(18-7-16(29)17(9-28)33-18)22-19(13)21(23)24-11-25-22/h3-6,8,11-12,16-18,20,28-29H,7,9-10H2,1-2H3,(H2,23,24,25)/t16-,17-,18-,20?/m1/s1. The minimum atomic E-state index is -0.805. The van der Waals surface area contributed by atoms with E-state index in [-0.39, 0.29) is 37.1 Å². The Hall–Kier alpha value is -3.12. The molecular formula is C22H27N5O6. The van der Waals surface area contributed by atoms with Crippen LogP contribution in [0.4, 0.5) is 11.5 Å².